The number of hydrogen-bond donors (Lipinski definition) is 0. The Balaban J connectivity index is 4.45. The van der Waals surface area contributed by atoms with Gasteiger partial charge in [0.05, 0.1) is 7.11 Å². The molecule has 0 aromatic rings. The molecule has 0 saturated heterocycles. The lowest BCUT2D eigenvalue weighted by Gasteiger charge is -2.28. The molecule has 0 aliphatic rings. The second-order valence-electron chi connectivity index (χ2n) is 2.96. The van der Waals surface area contributed by atoms with E-state index in [4.69, 9.17) is 4.74 Å². The summed E-state index contributed by atoms with van der Waals surface area (Å²) in [6.45, 7) is 5.56. The van der Waals surface area contributed by atoms with Crippen LogP contribution >= 0.6 is 0 Å². The Hall–Kier alpha value is -0.570. The van der Waals surface area contributed by atoms with Crippen molar-refractivity contribution in [3.63, 3.8) is 0 Å². The first-order valence-corrected chi connectivity index (χ1v) is 3.62. The quantitative estimate of drug-likeness (QED) is 0.582. The molecule has 0 fully saturated rings. The van der Waals surface area contributed by atoms with E-state index in [1.54, 1.807) is 6.92 Å². The predicted octanol–water partition coefficient (Wildman–Crippen LogP) is 1.22. The highest BCUT2D eigenvalue weighted by molar-refractivity contribution is 5.79. The molecule has 0 radical (unpaired) electrons. The molecule has 1 atom stereocenters. The maximum absolute atomic E-state index is 11.2. The number of esters is 1. The Morgan fingerprint density at radius 3 is 1.91 bits per heavy atom. The van der Waals surface area contributed by atoms with E-state index in [9.17, 15) is 4.79 Å². The topological polar surface area (TPSA) is 35.5 Å². The Bertz CT molecular complexity index is 142. The molecule has 3 nitrogen and oxygen atoms in total. The zero-order valence-electron chi connectivity index (χ0n) is 7.80. The SMILES string of the molecule is COC(=O)C(C)(OC)C(C)C. The molecule has 66 valence electrons. The normalized spacial score (nSPS) is 16.2. The third kappa shape index (κ3) is 1.93. The molecule has 1 unspecified atom stereocenters. The van der Waals surface area contributed by atoms with Crippen LogP contribution in [0.2, 0.25) is 0 Å². The van der Waals surface area contributed by atoms with Crippen LogP contribution in [-0.2, 0) is 14.3 Å². The summed E-state index contributed by atoms with van der Waals surface area (Å²) < 4.78 is 9.68. The summed E-state index contributed by atoms with van der Waals surface area (Å²) in [6.07, 6.45) is 0. The van der Waals surface area contributed by atoms with E-state index in [1.807, 2.05) is 13.8 Å². The third-order valence-corrected chi connectivity index (χ3v) is 2.12. The number of rotatable bonds is 3. The van der Waals surface area contributed by atoms with Gasteiger partial charge in [-0.3, -0.25) is 0 Å². The molecule has 0 aliphatic heterocycles. The average molecular weight is 160 g/mol. The number of carbonyl (C=O) groups is 1. The second kappa shape index (κ2) is 3.72. The van der Waals surface area contributed by atoms with E-state index in [1.165, 1.54) is 14.2 Å². The molecule has 3 heteroatoms. The zero-order valence-corrected chi connectivity index (χ0v) is 7.80. The Labute approximate surface area is 67.7 Å². The molecule has 0 N–H and O–H groups in total. The summed E-state index contributed by atoms with van der Waals surface area (Å²) in [6, 6.07) is 0. The van der Waals surface area contributed by atoms with Gasteiger partial charge >= 0.3 is 5.97 Å². The fourth-order valence-corrected chi connectivity index (χ4v) is 0.757. The van der Waals surface area contributed by atoms with Crippen molar-refractivity contribution in [2.75, 3.05) is 14.2 Å². The van der Waals surface area contributed by atoms with E-state index in [0.717, 1.165) is 0 Å². The van der Waals surface area contributed by atoms with E-state index in [-0.39, 0.29) is 11.9 Å². The van der Waals surface area contributed by atoms with Crippen LogP contribution in [0.3, 0.4) is 0 Å². The molecule has 0 bridgehead atoms. The van der Waals surface area contributed by atoms with Gasteiger partial charge in [-0.2, -0.15) is 0 Å². The molecular weight excluding hydrogens is 144 g/mol. The number of carbonyl (C=O) groups excluding carboxylic acids is 1. The highest BCUT2D eigenvalue weighted by atomic mass is 16.6. The zero-order chi connectivity index (χ0) is 9.07. The van der Waals surface area contributed by atoms with Crippen LogP contribution in [0.25, 0.3) is 0 Å². The van der Waals surface area contributed by atoms with Crippen LogP contribution in [0.15, 0.2) is 0 Å². The van der Waals surface area contributed by atoms with Crippen molar-refractivity contribution < 1.29 is 14.3 Å². The highest BCUT2D eigenvalue weighted by Crippen LogP contribution is 2.21. The van der Waals surface area contributed by atoms with Gasteiger partial charge in [-0.1, -0.05) is 13.8 Å². The average Bonchev–Trinajstić information content (AvgIpc) is 2.01. The maximum atomic E-state index is 11.2. The monoisotopic (exact) mass is 160 g/mol. The largest absolute Gasteiger partial charge is 0.467 e. The first kappa shape index (κ1) is 10.4. The molecule has 0 spiro atoms. The molecule has 0 rings (SSSR count). The summed E-state index contributed by atoms with van der Waals surface area (Å²) in [4.78, 5) is 11.2. The number of hydrogen-bond acceptors (Lipinski definition) is 3. The standard InChI is InChI=1S/C8H16O3/c1-6(2)8(3,11-5)7(9)10-4/h6H,1-5H3. The van der Waals surface area contributed by atoms with E-state index in [0.29, 0.717) is 0 Å². The van der Waals surface area contributed by atoms with Gasteiger partial charge in [0.15, 0.2) is 5.60 Å². The Morgan fingerprint density at radius 2 is 1.82 bits per heavy atom. The number of methoxy groups -OCH3 is 2. The van der Waals surface area contributed by atoms with E-state index in [2.05, 4.69) is 4.74 Å². The molecule has 11 heavy (non-hydrogen) atoms. The van der Waals surface area contributed by atoms with Crippen LogP contribution in [0.4, 0.5) is 0 Å². The summed E-state index contributed by atoms with van der Waals surface area (Å²) in [5, 5.41) is 0. The van der Waals surface area contributed by atoms with Gasteiger partial charge in [0, 0.05) is 7.11 Å². The molecule has 0 aliphatic carbocycles. The van der Waals surface area contributed by atoms with Crippen LogP contribution in [-0.4, -0.2) is 25.8 Å². The van der Waals surface area contributed by atoms with Crippen molar-refractivity contribution in [1.29, 1.82) is 0 Å². The Morgan fingerprint density at radius 1 is 1.36 bits per heavy atom. The van der Waals surface area contributed by atoms with Crippen molar-refractivity contribution in [3.05, 3.63) is 0 Å². The van der Waals surface area contributed by atoms with Crippen LogP contribution in [0.5, 0.6) is 0 Å². The van der Waals surface area contributed by atoms with Gasteiger partial charge < -0.3 is 9.47 Å². The lowest BCUT2D eigenvalue weighted by Crippen LogP contribution is -2.43. The van der Waals surface area contributed by atoms with Crippen LogP contribution in [0, 0.1) is 5.92 Å². The summed E-state index contributed by atoms with van der Waals surface area (Å²) in [7, 11) is 2.87. The van der Waals surface area contributed by atoms with Gasteiger partial charge in [-0.25, -0.2) is 4.79 Å². The fraction of sp³-hybridized carbons (Fsp3) is 0.875. The molecule has 0 heterocycles. The predicted molar refractivity (Wildman–Crippen MR) is 42.3 cm³/mol. The molecule has 0 saturated carbocycles. The molecule has 0 aromatic heterocycles. The van der Waals surface area contributed by atoms with Gasteiger partial charge in [-0.15, -0.1) is 0 Å². The molecule has 0 amide bonds. The van der Waals surface area contributed by atoms with Crippen molar-refractivity contribution >= 4 is 5.97 Å². The van der Waals surface area contributed by atoms with Crippen molar-refractivity contribution in [2.45, 2.75) is 26.4 Å². The Kier molecular flexibility index (Phi) is 3.52. The lowest BCUT2D eigenvalue weighted by atomic mass is 9.92. The van der Waals surface area contributed by atoms with Crippen molar-refractivity contribution in [2.24, 2.45) is 5.92 Å². The maximum Gasteiger partial charge on any atom is 0.338 e. The van der Waals surface area contributed by atoms with Gasteiger partial charge in [0.25, 0.3) is 0 Å². The summed E-state index contributed by atoms with van der Waals surface area (Å²) in [5.41, 5.74) is -0.811. The molecular formula is C8H16O3. The van der Waals surface area contributed by atoms with Gasteiger partial charge in [0.1, 0.15) is 0 Å². The first-order valence-electron chi connectivity index (χ1n) is 3.62. The smallest absolute Gasteiger partial charge is 0.338 e. The molecule has 0 aromatic carbocycles. The second-order valence-corrected chi connectivity index (χ2v) is 2.96. The first-order chi connectivity index (χ1) is 4.99. The van der Waals surface area contributed by atoms with Crippen LogP contribution in [0.1, 0.15) is 20.8 Å². The summed E-state index contributed by atoms with van der Waals surface area (Å²) in [5.74, 6) is -0.213. The van der Waals surface area contributed by atoms with Crippen LogP contribution < -0.4 is 0 Å². The minimum atomic E-state index is -0.811. The van der Waals surface area contributed by atoms with Gasteiger partial charge in [-0.05, 0) is 12.8 Å². The van der Waals surface area contributed by atoms with E-state index >= 15 is 0 Å². The van der Waals surface area contributed by atoms with Gasteiger partial charge in [0.2, 0.25) is 0 Å². The third-order valence-electron chi connectivity index (χ3n) is 2.12. The van der Waals surface area contributed by atoms with Crippen molar-refractivity contribution in [3.8, 4) is 0 Å². The fourth-order valence-electron chi connectivity index (χ4n) is 0.757. The van der Waals surface area contributed by atoms with Crippen molar-refractivity contribution in [1.82, 2.24) is 0 Å². The minimum Gasteiger partial charge on any atom is -0.467 e. The minimum absolute atomic E-state index is 0.111. The van der Waals surface area contributed by atoms with E-state index < -0.39 is 5.60 Å². The summed E-state index contributed by atoms with van der Waals surface area (Å²) >= 11 is 0. The lowest BCUT2D eigenvalue weighted by molar-refractivity contribution is -0.169. The number of ether oxygens (including phenoxy) is 2. The highest BCUT2D eigenvalue weighted by Gasteiger charge is 2.37.